The highest BCUT2D eigenvalue weighted by Crippen LogP contribution is 2.33. The number of nitrogens with one attached hydrogen (secondary N) is 2. The average Bonchev–Trinajstić information content (AvgIpc) is 3.31. The highest BCUT2D eigenvalue weighted by atomic mass is 19.1. The van der Waals surface area contributed by atoms with Crippen LogP contribution in [0.4, 0.5) is 10.2 Å². The Bertz CT molecular complexity index is 1000. The van der Waals surface area contributed by atoms with E-state index in [1.54, 1.807) is 29.0 Å². The number of rotatable bonds is 4. The van der Waals surface area contributed by atoms with Crippen LogP contribution in [0.2, 0.25) is 0 Å². The van der Waals surface area contributed by atoms with Crippen molar-refractivity contribution in [1.29, 1.82) is 0 Å². The minimum Gasteiger partial charge on any atom is -0.363 e. The first-order valence-electron chi connectivity index (χ1n) is 9.60. The molecule has 9 heteroatoms. The van der Waals surface area contributed by atoms with Crippen molar-refractivity contribution in [2.75, 3.05) is 11.9 Å². The van der Waals surface area contributed by atoms with Gasteiger partial charge in [0.15, 0.2) is 11.6 Å². The van der Waals surface area contributed by atoms with E-state index in [9.17, 15) is 9.59 Å². The number of carbonyl (C=O) groups is 2. The number of likely N-dealkylation sites (tertiary alicyclic amines) is 1. The summed E-state index contributed by atoms with van der Waals surface area (Å²) in [7, 11) is 1.77. The van der Waals surface area contributed by atoms with E-state index in [2.05, 4.69) is 27.3 Å². The summed E-state index contributed by atoms with van der Waals surface area (Å²) in [6.07, 6.45) is 6.21. The monoisotopic (exact) mass is 398 g/mol. The van der Waals surface area contributed by atoms with Crippen molar-refractivity contribution in [3.05, 3.63) is 42.0 Å². The van der Waals surface area contributed by atoms with Gasteiger partial charge in [-0.1, -0.05) is 6.58 Å². The Morgan fingerprint density at radius 2 is 2.28 bits per heavy atom. The summed E-state index contributed by atoms with van der Waals surface area (Å²) in [4.78, 5) is 30.6. The first-order chi connectivity index (χ1) is 13.9. The number of anilines is 1. The molecule has 2 atom stereocenters. The number of hydrogen-bond acceptors (Lipinski definition) is 5. The molecule has 1 fully saturated rings. The van der Waals surface area contributed by atoms with Crippen molar-refractivity contribution in [3.63, 3.8) is 0 Å². The molecule has 2 aromatic heterocycles. The van der Waals surface area contributed by atoms with Gasteiger partial charge in [0.25, 0.3) is 5.91 Å². The van der Waals surface area contributed by atoms with Crippen LogP contribution in [0, 0.1) is 5.82 Å². The normalized spacial score (nSPS) is 20.9. The van der Waals surface area contributed by atoms with Gasteiger partial charge in [-0.25, -0.2) is 9.37 Å². The Morgan fingerprint density at radius 1 is 1.48 bits per heavy atom. The maximum Gasteiger partial charge on any atom is 0.254 e. The van der Waals surface area contributed by atoms with Gasteiger partial charge in [0.1, 0.15) is 0 Å². The van der Waals surface area contributed by atoms with Gasteiger partial charge < -0.3 is 15.5 Å². The Kier molecular flexibility index (Phi) is 4.81. The summed E-state index contributed by atoms with van der Waals surface area (Å²) in [6, 6.07) is -0.315. The van der Waals surface area contributed by atoms with Gasteiger partial charge in [-0.2, -0.15) is 5.10 Å². The molecule has 152 valence electrons. The minimum absolute atomic E-state index is 0.0869. The molecule has 0 saturated carbocycles. The Hall–Kier alpha value is -3.23. The summed E-state index contributed by atoms with van der Waals surface area (Å²) in [5.41, 5.74) is 1.59. The lowest BCUT2D eigenvalue weighted by Crippen LogP contribution is -2.51. The number of amides is 2. The molecule has 2 N–H and O–H groups in total. The summed E-state index contributed by atoms with van der Waals surface area (Å²) in [5, 5.41) is 10.0. The second kappa shape index (κ2) is 7.31. The number of fused-ring (bicyclic) bond motifs is 1. The molecule has 2 amide bonds. The number of halogens is 1. The van der Waals surface area contributed by atoms with E-state index in [-0.39, 0.29) is 41.8 Å². The molecule has 0 spiro atoms. The number of piperidine rings is 1. The molecule has 8 nitrogen and oxygen atoms in total. The maximum absolute atomic E-state index is 15.2. The van der Waals surface area contributed by atoms with Crippen LogP contribution < -0.4 is 10.6 Å². The summed E-state index contributed by atoms with van der Waals surface area (Å²) in [6.45, 7) is 6.24. The fraction of sp³-hybridized carbons (Fsp3) is 0.400. The second-order valence-corrected chi connectivity index (χ2v) is 7.43. The molecule has 1 saturated heterocycles. The standard InChI is InChI=1S/C20H23FN6O2/c1-4-15(28)27-7-5-6-14(11(27)2)24-19-17(21)13-9-22-20(29)16(13)18(25-19)12-8-23-26(3)10-12/h4,8,10-11,14H,1,5-7,9H2,2-3H3,(H,22,29)(H,24,25)/t11-,14-/m0/s1. The molecule has 0 radical (unpaired) electrons. The Balaban J connectivity index is 1.72. The van der Waals surface area contributed by atoms with E-state index in [0.29, 0.717) is 23.4 Å². The van der Waals surface area contributed by atoms with Crippen molar-refractivity contribution < 1.29 is 14.0 Å². The first kappa shape index (κ1) is 19.1. The third kappa shape index (κ3) is 3.26. The van der Waals surface area contributed by atoms with E-state index >= 15 is 4.39 Å². The predicted octanol–water partition coefficient (Wildman–Crippen LogP) is 1.84. The molecule has 2 aromatic rings. The van der Waals surface area contributed by atoms with E-state index in [1.165, 1.54) is 6.08 Å². The zero-order valence-electron chi connectivity index (χ0n) is 16.4. The number of aromatic nitrogens is 3. The molecule has 0 aliphatic carbocycles. The quantitative estimate of drug-likeness (QED) is 0.767. The van der Waals surface area contributed by atoms with Gasteiger partial charge >= 0.3 is 0 Å². The molecular weight excluding hydrogens is 375 g/mol. The Morgan fingerprint density at radius 3 is 2.97 bits per heavy atom. The van der Waals surface area contributed by atoms with E-state index in [1.807, 2.05) is 6.92 Å². The second-order valence-electron chi connectivity index (χ2n) is 7.43. The molecule has 29 heavy (non-hydrogen) atoms. The zero-order chi connectivity index (χ0) is 20.7. The predicted molar refractivity (Wildman–Crippen MR) is 106 cm³/mol. The molecule has 0 bridgehead atoms. The van der Waals surface area contributed by atoms with Crippen LogP contribution in [0.15, 0.2) is 25.0 Å². The summed E-state index contributed by atoms with van der Waals surface area (Å²) in [5.74, 6) is -0.933. The third-order valence-corrected chi connectivity index (χ3v) is 5.63. The van der Waals surface area contributed by atoms with Crippen LogP contribution in [-0.4, -0.2) is 50.1 Å². The van der Waals surface area contributed by atoms with Gasteiger partial charge in [0.2, 0.25) is 5.91 Å². The molecule has 2 aliphatic rings. The van der Waals surface area contributed by atoms with Crippen LogP contribution in [-0.2, 0) is 18.4 Å². The van der Waals surface area contributed by atoms with Gasteiger partial charge in [0.05, 0.1) is 17.5 Å². The molecular formula is C20H23FN6O2. The number of aryl methyl sites for hydroxylation is 1. The average molecular weight is 398 g/mol. The van der Waals surface area contributed by atoms with E-state index in [0.717, 1.165) is 12.8 Å². The molecule has 0 unspecified atom stereocenters. The van der Waals surface area contributed by atoms with Gasteiger partial charge in [-0.15, -0.1) is 0 Å². The first-order valence-corrected chi connectivity index (χ1v) is 9.60. The third-order valence-electron chi connectivity index (χ3n) is 5.63. The van der Waals surface area contributed by atoms with E-state index < -0.39 is 5.82 Å². The topological polar surface area (TPSA) is 92.2 Å². The lowest BCUT2D eigenvalue weighted by molar-refractivity contribution is -0.129. The fourth-order valence-electron chi connectivity index (χ4n) is 4.07. The van der Waals surface area contributed by atoms with Crippen LogP contribution in [0.1, 0.15) is 35.7 Å². The highest BCUT2D eigenvalue weighted by molar-refractivity contribution is 6.04. The van der Waals surface area contributed by atoms with Crippen molar-refractivity contribution in [2.45, 2.75) is 38.4 Å². The van der Waals surface area contributed by atoms with Crippen LogP contribution in [0.3, 0.4) is 0 Å². The maximum atomic E-state index is 15.2. The van der Waals surface area contributed by atoms with E-state index in [4.69, 9.17) is 0 Å². The molecule has 0 aromatic carbocycles. The largest absolute Gasteiger partial charge is 0.363 e. The van der Waals surface area contributed by atoms with Crippen LogP contribution >= 0.6 is 0 Å². The minimum atomic E-state index is -0.537. The van der Waals surface area contributed by atoms with Crippen molar-refractivity contribution in [1.82, 2.24) is 25.0 Å². The number of nitrogens with zero attached hydrogens (tertiary/aromatic N) is 4. The van der Waals surface area contributed by atoms with Gasteiger partial charge in [-0.05, 0) is 25.8 Å². The highest BCUT2D eigenvalue weighted by Gasteiger charge is 2.34. The summed E-state index contributed by atoms with van der Waals surface area (Å²) < 4.78 is 16.8. The lowest BCUT2D eigenvalue weighted by atomic mass is 9.96. The van der Waals surface area contributed by atoms with Gasteiger partial charge in [-0.3, -0.25) is 14.3 Å². The van der Waals surface area contributed by atoms with Crippen molar-refractivity contribution in [2.24, 2.45) is 7.05 Å². The number of hydrogen-bond donors (Lipinski definition) is 2. The molecule has 4 heterocycles. The van der Waals surface area contributed by atoms with Gasteiger partial charge in [0, 0.05) is 49.5 Å². The molecule has 4 rings (SSSR count). The smallest absolute Gasteiger partial charge is 0.254 e. The van der Waals surface area contributed by atoms with Crippen molar-refractivity contribution >= 4 is 17.6 Å². The number of pyridine rings is 1. The Labute approximate surface area is 167 Å². The lowest BCUT2D eigenvalue weighted by Gasteiger charge is -2.39. The van der Waals surface area contributed by atoms with Crippen LogP contribution in [0.5, 0.6) is 0 Å². The molecule has 2 aliphatic heterocycles. The summed E-state index contributed by atoms with van der Waals surface area (Å²) >= 11 is 0. The SMILES string of the molecule is C=CC(=O)N1CCC[C@H](Nc2nc(-c3cnn(C)c3)c3c(c2F)CNC3=O)[C@@H]1C. The number of carbonyl (C=O) groups excluding carboxylic acids is 2. The van der Waals surface area contributed by atoms with Crippen LogP contribution in [0.25, 0.3) is 11.3 Å². The van der Waals surface area contributed by atoms with Crippen molar-refractivity contribution in [3.8, 4) is 11.3 Å². The fourth-order valence-corrected chi connectivity index (χ4v) is 4.07. The zero-order valence-corrected chi connectivity index (χ0v) is 16.4.